The minimum absolute atomic E-state index is 0.318. The molecule has 1 fully saturated rings. The average Bonchev–Trinajstić information content (AvgIpc) is 2.38. The summed E-state index contributed by atoms with van der Waals surface area (Å²) in [5.41, 5.74) is 6.76. The molecule has 106 valence electrons. The lowest BCUT2D eigenvalue weighted by molar-refractivity contribution is 0.306. The fraction of sp³-hybridized carbons (Fsp3) is 0.467. The van der Waals surface area contributed by atoms with Crippen LogP contribution in [0.15, 0.2) is 34.3 Å². The Morgan fingerprint density at radius 2 is 2.00 bits per heavy atom. The van der Waals surface area contributed by atoms with Crippen molar-refractivity contribution in [2.24, 2.45) is 15.7 Å². The molecule has 0 radical (unpaired) electrons. The van der Waals surface area contributed by atoms with Gasteiger partial charge in [0.25, 0.3) is 0 Å². The molecule has 1 aliphatic carbocycles. The summed E-state index contributed by atoms with van der Waals surface area (Å²) < 4.78 is 0. The zero-order valence-electron chi connectivity index (χ0n) is 11.4. The highest BCUT2D eigenvalue weighted by atomic mass is 35.5. The van der Waals surface area contributed by atoms with Crippen molar-refractivity contribution in [1.82, 2.24) is 5.32 Å². The standard InChI is InChI=1S/C15H19ClN4/c16-12-6-4-5-11(9-12)10-13-18-14(17)20-15(19-13)7-2-1-3-8-15/h4-6,9H,1-3,7-8,10H2,(H3,17,18,19,20). The third kappa shape index (κ3) is 2.96. The first-order valence-corrected chi connectivity index (χ1v) is 7.49. The Morgan fingerprint density at radius 3 is 2.75 bits per heavy atom. The summed E-state index contributed by atoms with van der Waals surface area (Å²) in [5.74, 6) is 1.38. The molecule has 1 aromatic carbocycles. The van der Waals surface area contributed by atoms with Crippen molar-refractivity contribution in [3.63, 3.8) is 0 Å². The van der Waals surface area contributed by atoms with Crippen LogP contribution in [-0.2, 0) is 6.42 Å². The lowest BCUT2D eigenvalue weighted by atomic mass is 9.89. The van der Waals surface area contributed by atoms with Crippen LogP contribution in [-0.4, -0.2) is 17.5 Å². The van der Waals surface area contributed by atoms with Crippen LogP contribution in [0.2, 0.25) is 5.02 Å². The van der Waals surface area contributed by atoms with Crippen LogP contribution in [0.25, 0.3) is 0 Å². The Balaban J connectivity index is 1.82. The number of benzene rings is 1. The van der Waals surface area contributed by atoms with Gasteiger partial charge in [0, 0.05) is 11.4 Å². The number of guanidine groups is 1. The maximum Gasteiger partial charge on any atom is 0.196 e. The molecular formula is C15H19ClN4. The molecule has 0 amide bonds. The van der Waals surface area contributed by atoms with Crippen LogP contribution in [0.5, 0.6) is 0 Å². The minimum atomic E-state index is -0.318. The Hall–Kier alpha value is -1.55. The summed E-state index contributed by atoms with van der Waals surface area (Å²) in [4.78, 5) is 9.40. The van der Waals surface area contributed by atoms with Gasteiger partial charge in [0.1, 0.15) is 5.84 Å². The van der Waals surface area contributed by atoms with E-state index in [9.17, 15) is 0 Å². The van der Waals surface area contributed by atoms with Crippen LogP contribution < -0.4 is 11.1 Å². The first-order chi connectivity index (χ1) is 9.65. The number of rotatable bonds is 2. The first-order valence-electron chi connectivity index (χ1n) is 7.11. The van der Waals surface area contributed by atoms with Gasteiger partial charge in [-0.05, 0) is 43.4 Å². The van der Waals surface area contributed by atoms with Gasteiger partial charge in [-0.2, -0.15) is 0 Å². The molecule has 3 rings (SSSR count). The number of hydrogen-bond donors (Lipinski definition) is 2. The van der Waals surface area contributed by atoms with Gasteiger partial charge in [-0.3, -0.25) is 0 Å². The molecule has 2 aliphatic rings. The van der Waals surface area contributed by atoms with Gasteiger partial charge in [-0.1, -0.05) is 30.2 Å². The fourth-order valence-corrected chi connectivity index (χ4v) is 3.18. The second kappa shape index (κ2) is 5.44. The average molecular weight is 291 g/mol. The van der Waals surface area contributed by atoms with E-state index in [1.54, 1.807) is 0 Å². The van der Waals surface area contributed by atoms with E-state index >= 15 is 0 Å². The first kappa shape index (κ1) is 13.4. The number of nitrogens with zero attached hydrogens (tertiary/aromatic N) is 2. The topological polar surface area (TPSA) is 62.8 Å². The minimum Gasteiger partial charge on any atom is -0.370 e. The highest BCUT2D eigenvalue weighted by Crippen LogP contribution is 2.34. The quantitative estimate of drug-likeness (QED) is 0.880. The summed E-state index contributed by atoms with van der Waals surface area (Å²) >= 11 is 6.02. The lowest BCUT2D eigenvalue weighted by Gasteiger charge is -2.34. The fourth-order valence-electron chi connectivity index (χ4n) is 2.97. The van der Waals surface area contributed by atoms with Gasteiger partial charge in [0.15, 0.2) is 11.6 Å². The second-order valence-electron chi connectivity index (χ2n) is 5.53. The zero-order chi connectivity index (χ0) is 14.0. The number of nitrogens with two attached hydrogens (primary N) is 1. The molecule has 1 aliphatic heterocycles. The number of aliphatic imine (C=N–C) groups is 2. The molecule has 0 unspecified atom stereocenters. The predicted octanol–water partition coefficient (Wildman–Crippen LogP) is 2.86. The smallest absolute Gasteiger partial charge is 0.196 e. The van der Waals surface area contributed by atoms with Gasteiger partial charge in [-0.15, -0.1) is 0 Å². The second-order valence-corrected chi connectivity index (χ2v) is 5.97. The Kier molecular flexibility index (Phi) is 3.66. The molecular weight excluding hydrogens is 272 g/mol. The van der Waals surface area contributed by atoms with Crippen LogP contribution in [0.4, 0.5) is 0 Å². The molecule has 5 heteroatoms. The molecule has 3 N–H and O–H groups in total. The van der Waals surface area contributed by atoms with Gasteiger partial charge < -0.3 is 11.1 Å². The van der Waals surface area contributed by atoms with Crippen LogP contribution in [0.1, 0.15) is 37.7 Å². The molecule has 1 heterocycles. The third-order valence-electron chi connectivity index (χ3n) is 3.86. The largest absolute Gasteiger partial charge is 0.370 e. The van der Waals surface area contributed by atoms with E-state index in [0.29, 0.717) is 12.4 Å². The van der Waals surface area contributed by atoms with E-state index < -0.39 is 0 Å². The maximum absolute atomic E-state index is 6.02. The van der Waals surface area contributed by atoms with E-state index in [1.807, 2.05) is 24.3 Å². The lowest BCUT2D eigenvalue weighted by Crippen LogP contribution is -2.47. The van der Waals surface area contributed by atoms with Crippen molar-refractivity contribution in [3.05, 3.63) is 34.9 Å². The van der Waals surface area contributed by atoms with Gasteiger partial charge in [0.2, 0.25) is 0 Å². The van der Waals surface area contributed by atoms with Crippen molar-refractivity contribution >= 4 is 23.4 Å². The molecule has 1 saturated carbocycles. The van der Waals surface area contributed by atoms with Crippen molar-refractivity contribution in [3.8, 4) is 0 Å². The molecule has 4 nitrogen and oxygen atoms in total. The van der Waals surface area contributed by atoms with Crippen molar-refractivity contribution < 1.29 is 0 Å². The van der Waals surface area contributed by atoms with Crippen LogP contribution >= 0.6 is 11.6 Å². The highest BCUT2D eigenvalue weighted by molar-refractivity contribution is 6.30. The molecule has 20 heavy (non-hydrogen) atoms. The molecule has 0 saturated heterocycles. The van der Waals surface area contributed by atoms with Gasteiger partial charge in [0.05, 0.1) is 0 Å². The molecule has 1 aromatic rings. The maximum atomic E-state index is 6.02. The summed E-state index contributed by atoms with van der Waals surface area (Å²) in [5, 5.41) is 3.83. The van der Waals surface area contributed by atoms with E-state index in [0.717, 1.165) is 29.3 Å². The number of amidine groups is 1. The molecule has 0 aromatic heterocycles. The summed E-state index contributed by atoms with van der Waals surface area (Å²) in [6.45, 7) is 0. The third-order valence-corrected chi connectivity index (χ3v) is 4.09. The zero-order valence-corrected chi connectivity index (χ0v) is 12.2. The Bertz CT molecular complexity index is 559. The van der Waals surface area contributed by atoms with E-state index in [2.05, 4.69) is 10.3 Å². The number of nitrogens with one attached hydrogen (secondary N) is 1. The molecule has 1 spiro atoms. The molecule has 0 bridgehead atoms. The highest BCUT2D eigenvalue weighted by Gasteiger charge is 2.34. The van der Waals surface area contributed by atoms with Crippen LogP contribution in [0.3, 0.4) is 0 Å². The Labute approximate surface area is 124 Å². The number of hydrogen-bond acceptors (Lipinski definition) is 4. The van der Waals surface area contributed by atoms with Crippen LogP contribution in [0, 0.1) is 0 Å². The van der Waals surface area contributed by atoms with E-state index in [-0.39, 0.29) is 5.66 Å². The molecule has 0 atom stereocenters. The Morgan fingerprint density at radius 1 is 1.20 bits per heavy atom. The van der Waals surface area contributed by atoms with Crippen molar-refractivity contribution in [2.75, 3.05) is 0 Å². The summed E-state index contributed by atoms with van der Waals surface area (Å²) in [7, 11) is 0. The predicted molar refractivity (Wildman–Crippen MR) is 83.2 cm³/mol. The monoisotopic (exact) mass is 290 g/mol. The summed E-state index contributed by atoms with van der Waals surface area (Å²) in [6, 6.07) is 7.83. The van der Waals surface area contributed by atoms with Gasteiger partial charge in [-0.25, -0.2) is 9.98 Å². The SMILES string of the molecule is NC1=NC2(CCCCC2)N=C(Cc2cccc(Cl)c2)N1. The number of halogens is 1. The summed E-state index contributed by atoms with van der Waals surface area (Å²) in [6.07, 6.45) is 6.31. The van der Waals surface area contributed by atoms with E-state index in [4.69, 9.17) is 22.3 Å². The van der Waals surface area contributed by atoms with E-state index in [1.165, 1.54) is 19.3 Å². The van der Waals surface area contributed by atoms with Gasteiger partial charge >= 0.3 is 0 Å². The van der Waals surface area contributed by atoms with Crippen molar-refractivity contribution in [2.45, 2.75) is 44.2 Å². The normalized spacial score (nSPS) is 21.1. The van der Waals surface area contributed by atoms with Crippen molar-refractivity contribution in [1.29, 1.82) is 0 Å².